The van der Waals surface area contributed by atoms with Gasteiger partial charge >= 0.3 is 14.0 Å². The Morgan fingerprint density at radius 3 is 1.66 bits per heavy atom. The van der Waals surface area contributed by atoms with Gasteiger partial charge in [-0.1, -0.05) is 103 Å². The predicted molar refractivity (Wildman–Crippen MR) is 152 cm³/mol. The lowest BCUT2D eigenvalue weighted by atomic mass is 10.0. The van der Waals surface area contributed by atoms with Gasteiger partial charge in [0.15, 0.2) is 6.10 Å². The number of hydrogen-bond donors (Lipinski definition) is 1. The minimum atomic E-state index is -4.26. The molecule has 1 N–H and O–H groups in total. The maximum Gasteiger partial charge on any atom is 0.508 e. The molecule has 38 heavy (non-hydrogen) atoms. The van der Waals surface area contributed by atoms with Crippen LogP contribution in [0.5, 0.6) is 0 Å². The highest BCUT2D eigenvalue weighted by molar-refractivity contribution is 7.47. The summed E-state index contributed by atoms with van der Waals surface area (Å²) in [6.45, 7) is 3.12. The highest BCUT2D eigenvalue weighted by Gasteiger charge is 2.26. The number of methoxy groups -OCH3 is 1. The van der Waals surface area contributed by atoms with Crippen LogP contribution in [-0.4, -0.2) is 82.9 Å². The highest BCUT2D eigenvalue weighted by Crippen LogP contribution is 2.43. The number of hydrogen-bond acceptors (Lipinski definition) is 7. The van der Waals surface area contributed by atoms with Gasteiger partial charge in [0.25, 0.3) is 0 Å². The molecule has 0 rings (SSSR count). The van der Waals surface area contributed by atoms with Crippen molar-refractivity contribution in [2.75, 3.05) is 61.2 Å². The van der Waals surface area contributed by atoms with E-state index in [1.54, 1.807) is 0 Å². The first-order chi connectivity index (χ1) is 18.1. The van der Waals surface area contributed by atoms with Crippen LogP contribution in [0.15, 0.2) is 0 Å². The van der Waals surface area contributed by atoms with Crippen LogP contribution in [0.3, 0.4) is 0 Å². The molecule has 2 atom stereocenters. The molecule has 9 nitrogen and oxygen atoms in total. The Labute approximate surface area is 233 Å². The van der Waals surface area contributed by atoms with Crippen molar-refractivity contribution in [2.24, 2.45) is 0 Å². The van der Waals surface area contributed by atoms with Crippen LogP contribution in [0.2, 0.25) is 0 Å². The third kappa shape index (κ3) is 26.9. The van der Waals surface area contributed by atoms with Crippen LogP contribution < -0.4 is 0 Å². The van der Waals surface area contributed by atoms with Gasteiger partial charge in [0.05, 0.1) is 41.5 Å². The average Bonchev–Trinajstić information content (AvgIpc) is 2.85. The van der Waals surface area contributed by atoms with E-state index in [0.29, 0.717) is 17.6 Å². The summed E-state index contributed by atoms with van der Waals surface area (Å²) in [7, 11) is 2.78. The van der Waals surface area contributed by atoms with E-state index >= 15 is 0 Å². The molecule has 0 saturated heterocycles. The van der Waals surface area contributed by atoms with Crippen molar-refractivity contribution >= 4 is 14.0 Å². The fourth-order valence-electron chi connectivity index (χ4n) is 3.91. The summed E-state index contributed by atoms with van der Waals surface area (Å²) >= 11 is 0. The number of ether oxygens (including phenoxy) is 3. The molecule has 0 aliphatic rings. The fourth-order valence-corrected chi connectivity index (χ4v) is 4.65. The van der Waals surface area contributed by atoms with E-state index in [4.69, 9.17) is 18.5 Å². The maximum atomic E-state index is 12.1. The molecule has 0 saturated carbocycles. The molecule has 0 aromatic heterocycles. The number of unbranched alkanes of at least 4 members (excludes halogenated alkanes) is 15. The second-order valence-corrected chi connectivity index (χ2v) is 12.6. The molecular formula is C28H59NO8P+. The predicted octanol–water partition coefficient (Wildman–Crippen LogP) is 7.26. The molecule has 0 aliphatic heterocycles. The van der Waals surface area contributed by atoms with E-state index < -0.39 is 20.1 Å². The molecule has 228 valence electrons. The van der Waals surface area contributed by atoms with E-state index in [1.165, 1.54) is 97.0 Å². The summed E-state index contributed by atoms with van der Waals surface area (Å²) in [4.78, 5) is 21.4. The quantitative estimate of drug-likeness (QED) is 0.0478. The Morgan fingerprint density at radius 2 is 1.21 bits per heavy atom. The Bertz CT molecular complexity index is 600. The van der Waals surface area contributed by atoms with E-state index in [9.17, 15) is 14.3 Å². The Kier molecular flexibility index (Phi) is 23.7. The van der Waals surface area contributed by atoms with Gasteiger partial charge < -0.3 is 23.6 Å². The summed E-state index contributed by atoms with van der Waals surface area (Å²) in [5.41, 5.74) is 0. The zero-order valence-electron chi connectivity index (χ0n) is 25.1. The topological polar surface area (TPSA) is 101 Å². The second-order valence-electron chi connectivity index (χ2n) is 11.2. The van der Waals surface area contributed by atoms with E-state index in [-0.39, 0.29) is 19.8 Å². The molecule has 0 fully saturated rings. The van der Waals surface area contributed by atoms with Gasteiger partial charge in [-0.15, -0.1) is 0 Å². The van der Waals surface area contributed by atoms with Gasteiger partial charge in [-0.05, 0) is 6.42 Å². The Morgan fingerprint density at radius 1 is 0.737 bits per heavy atom. The summed E-state index contributed by atoms with van der Waals surface area (Å²) < 4.78 is 37.9. The molecule has 2 unspecified atom stereocenters. The van der Waals surface area contributed by atoms with E-state index in [1.807, 2.05) is 21.1 Å². The molecular weight excluding hydrogens is 509 g/mol. The molecule has 0 bridgehead atoms. The van der Waals surface area contributed by atoms with E-state index in [0.717, 1.165) is 12.8 Å². The van der Waals surface area contributed by atoms with Crippen molar-refractivity contribution in [2.45, 2.75) is 116 Å². The van der Waals surface area contributed by atoms with Crippen molar-refractivity contribution in [3.63, 3.8) is 0 Å². The Hall–Kier alpha value is -0.700. The number of nitrogens with zero attached hydrogens (tertiary/aromatic N) is 1. The minimum Gasteiger partial charge on any atom is -0.438 e. The molecule has 0 heterocycles. The first kappa shape index (κ1) is 37.3. The Balaban J connectivity index is 3.80. The van der Waals surface area contributed by atoms with Gasteiger partial charge in [-0.3, -0.25) is 9.05 Å². The average molecular weight is 569 g/mol. The summed E-state index contributed by atoms with van der Waals surface area (Å²) in [6.07, 6.45) is 19.1. The lowest BCUT2D eigenvalue weighted by Crippen LogP contribution is -2.37. The van der Waals surface area contributed by atoms with Gasteiger partial charge in [0.2, 0.25) is 0 Å². The lowest BCUT2D eigenvalue weighted by molar-refractivity contribution is -0.870. The first-order valence-electron chi connectivity index (χ1n) is 14.8. The van der Waals surface area contributed by atoms with Gasteiger partial charge in [0, 0.05) is 6.61 Å². The first-order valence-corrected chi connectivity index (χ1v) is 16.3. The zero-order chi connectivity index (χ0) is 28.5. The highest BCUT2D eigenvalue weighted by atomic mass is 31.2. The molecule has 0 spiro atoms. The van der Waals surface area contributed by atoms with Crippen molar-refractivity contribution in [1.82, 2.24) is 0 Å². The number of rotatable bonds is 27. The van der Waals surface area contributed by atoms with E-state index in [2.05, 4.69) is 11.7 Å². The molecule has 0 aromatic rings. The molecule has 0 aliphatic carbocycles. The normalized spacial score (nSPS) is 14.3. The number of likely N-dealkylation sites (N-methyl/N-ethyl adjacent to an activating group) is 1. The van der Waals surface area contributed by atoms with Crippen molar-refractivity contribution < 1.29 is 42.0 Å². The largest absolute Gasteiger partial charge is 0.508 e. The molecule has 0 aromatic carbocycles. The summed E-state index contributed by atoms with van der Waals surface area (Å²) in [6, 6.07) is 0. The SMILES string of the molecule is CCCCCCCCCCCCCCCCCCOCC(COP(=O)(O)OCC[N+](C)(C)C)OC(=O)OC. The van der Waals surface area contributed by atoms with Crippen molar-refractivity contribution in [3.8, 4) is 0 Å². The van der Waals surface area contributed by atoms with Crippen LogP contribution in [0.1, 0.15) is 110 Å². The molecule has 0 amide bonds. The third-order valence-corrected chi connectivity index (χ3v) is 7.30. The van der Waals surface area contributed by atoms with Crippen molar-refractivity contribution in [3.05, 3.63) is 0 Å². The smallest absolute Gasteiger partial charge is 0.438 e. The standard InChI is InChI=1S/C28H58NO8P/c1-6-7-8-9-10-11-12-13-14-15-16-17-18-19-20-21-23-34-25-27(37-28(30)33-5)26-36-38(31,32)35-24-22-29(2,3)4/h27H,6-26H2,1-5H3/p+1. The fraction of sp³-hybridized carbons (Fsp3) is 0.964. The lowest BCUT2D eigenvalue weighted by Gasteiger charge is -2.24. The zero-order valence-corrected chi connectivity index (χ0v) is 26.0. The monoisotopic (exact) mass is 568 g/mol. The van der Waals surface area contributed by atoms with Crippen LogP contribution in [-0.2, 0) is 27.8 Å². The molecule has 0 radical (unpaired) electrons. The minimum absolute atomic E-state index is 0.0483. The number of carbonyl (C=O) groups is 1. The van der Waals surface area contributed by atoms with Crippen LogP contribution in [0.25, 0.3) is 0 Å². The number of quaternary nitrogens is 1. The van der Waals surface area contributed by atoms with Gasteiger partial charge in [-0.2, -0.15) is 0 Å². The summed E-state index contributed by atoms with van der Waals surface area (Å²) in [5, 5.41) is 0. The number of phosphoric acid groups is 1. The maximum absolute atomic E-state index is 12.1. The van der Waals surface area contributed by atoms with Crippen molar-refractivity contribution in [1.29, 1.82) is 0 Å². The van der Waals surface area contributed by atoms with Gasteiger partial charge in [-0.25, -0.2) is 9.36 Å². The molecule has 10 heteroatoms. The third-order valence-electron chi connectivity index (χ3n) is 6.32. The summed E-state index contributed by atoms with van der Waals surface area (Å²) in [5.74, 6) is 0. The number of carbonyl (C=O) groups excluding carboxylic acids is 1. The van der Waals surface area contributed by atoms with Crippen LogP contribution in [0.4, 0.5) is 4.79 Å². The number of phosphoric ester groups is 1. The van der Waals surface area contributed by atoms with Gasteiger partial charge in [0.1, 0.15) is 13.2 Å². The van der Waals surface area contributed by atoms with Crippen LogP contribution in [0, 0.1) is 0 Å². The second kappa shape index (κ2) is 24.1. The van der Waals surface area contributed by atoms with Crippen LogP contribution >= 0.6 is 7.82 Å².